The maximum Gasteiger partial charge on any atom is 0.323 e. The molecule has 1 fully saturated rings. The standard InChI is InChI=1S/C15H16N2O2S/c1-11-4-2-5-12(10-11)16-15(18)17-7-9-20-14(17)13-6-3-8-19-13/h2-6,8,10,14H,7,9H2,1H3,(H,16,18)/t14-/m0/s1. The molecule has 5 heteroatoms. The van der Waals surface area contributed by atoms with Crippen molar-refractivity contribution in [3.8, 4) is 0 Å². The van der Waals surface area contributed by atoms with Gasteiger partial charge >= 0.3 is 6.03 Å². The third-order valence-electron chi connectivity index (χ3n) is 3.21. The van der Waals surface area contributed by atoms with Gasteiger partial charge in [-0.15, -0.1) is 11.8 Å². The number of anilines is 1. The number of furan rings is 1. The molecular weight excluding hydrogens is 272 g/mol. The van der Waals surface area contributed by atoms with E-state index in [1.165, 1.54) is 0 Å². The van der Waals surface area contributed by atoms with E-state index in [9.17, 15) is 4.79 Å². The van der Waals surface area contributed by atoms with Crippen LogP contribution < -0.4 is 5.32 Å². The lowest BCUT2D eigenvalue weighted by atomic mass is 10.2. The van der Waals surface area contributed by atoms with Crippen molar-refractivity contribution in [2.45, 2.75) is 12.3 Å². The van der Waals surface area contributed by atoms with Crippen LogP contribution in [0.25, 0.3) is 0 Å². The molecule has 0 aliphatic carbocycles. The molecule has 1 aliphatic heterocycles. The summed E-state index contributed by atoms with van der Waals surface area (Å²) >= 11 is 1.72. The van der Waals surface area contributed by atoms with Crippen molar-refractivity contribution in [2.24, 2.45) is 0 Å². The monoisotopic (exact) mass is 288 g/mol. The quantitative estimate of drug-likeness (QED) is 0.912. The minimum atomic E-state index is -0.0815. The molecule has 3 rings (SSSR count). The summed E-state index contributed by atoms with van der Waals surface area (Å²) in [5, 5.41) is 2.92. The molecule has 1 N–H and O–H groups in total. The summed E-state index contributed by atoms with van der Waals surface area (Å²) in [6.45, 7) is 2.74. The fourth-order valence-electron chi connectivity index (χ4n) is 2.26. The number of amides is 2. The Morgan fingerprint density at radius 3 is 3.05 bits per heavy atom. The van der Waals surface area contributed by atoms with Gasteiger partial charge in [0.05, 0.1) is 6.26 Å². The topological polar surface area (TPSA) is 45.5 Å². The first-order chi connectivity index (χ1) is 9.74. The molecule has 2 amide bonds. The van der Waals surface area contributed by atoms with Crippen LogP contribution in [0.3, 0.4) is 0 Å². The van der Waals surface area contributed by atoms with Gasteiger partial charge < -0.3 is 14.6 Å². The van der Waals surface area contributed by atoms with E-state index in [4.69, 9.17) is 4.42 Å². The summed E-state index contributed by atoms with van der Waals surface area (Å²) in [7, 11) is 0. The average molecular weight is 288 g/mol. The number of aryl methyl sites for hydroxylation is 1. The van der Waals surface area contributed by atoms with Crippen molar-refractivity contribution >= 4 is 23.5 Å². The van der Waals surface area contributed by atoms with Gasteiger partial charge in [0.15, 0.2) is 0 Å². The fraction of sp³-hybridized carbons (Fsp3) is 0.267. The Labute approximate surface area is 122 Å². The van der Waals surface area contributed by atoms with Crippen LogP contribution in [0.4, 0.5) is 10.5 Å². The zero-order valence-electron chi connectivity index (χ0n) is 11.2. The van der Waals surface area contributed by atoms with Gasteiger partial charge in [0.1, 0.15) is 11.1 Å². The van der Waals surface area contributed by atoms with Crippen LogP contribution in [-0.4, -0.2) is 23.2 Å². The molecule has 0 bridgehead atoms. The Morgan fingerprint density at radius 1 is 1.40 bits per heavy atom. The molecule has 0 spiro atoms. The minimum absolute atomic E-state index is 0.0326. The van der Waals surface area contributed by atoms with Gasteiger partial charge in [0.2, 0.25) is 0 Å². The molecule has 0 saturated carbocycles. The van der Waals surface area contributed by atoms with Gasteiger partial charge in [-0.1, -0.05) is 12.1 Å². The number of thioether (sulfide) groups is 1. The van der Waals surface area contributed by atoms with Gasteiger partial charge in [-0.2, -0.15) is 0 Å². The molecule has 4 nitrogen and oxygen atoms in total. The van der Waals surface area contributed by atoms with E-state index in [0.29, 0.717) is 0 Å². The zero-order valence-corrected chi connectivity index (χ0v) is 12.0. The summed E-state index contributed by atoms with van der Waals surface area (Å²) in [5.41, 5.74) is 1.95. The van der Waals surface area contributed by atoms with Crippen LogP contribution in [-0.2, 0) is 0 Å². The fourth-order valence-corrected chi connectivity index (χ4v) is 3.47. The number of urea groups is 1. The van der Waals surface area contributed by atoms with E-state index in [1.807, 2.05) is 48.2 Å². The lowest BCUT2D eigenvalue weighted by molar-refractivity contribution is 0.210. The van der Waals surface area contributed by atoms with Gasteiger partial charge in [0.25, 0.3) is 0 Å². The number of carbonyl (C=O) groups is 1. The number of hydrogen-bond acceptors (Lipinski definition) is 3. The summed E-state index contributed by atoms with van der Waals surface area (Å²) in [5.74, 6) is 1.75. The van der Waals surface area contributed by atoms with Crippen LogP contribution in [0.15, 0.2) is 47.1 Å². The number of rotatable bonds is 2. The van der Waals surface area contributed by atoms with Crippen molar-refractivity contribution in [3.63, 3.8) is 0 Å². The van der Waals surface area contributed by atoms with Gasteiger partial charge in [0, 0.05) is 18.0 Å². The number of nitrogens with zero attached hydrogens (tertiary/aromatic N) is 1. The third kappa shape index (κ3) is 2.67. The summed E-state index contributed by atoms with van der Waals surface area (Å²) < 4.78 is 5.42. The maximum absolute atomic E-state index is 12.4. The Hall–Kier alpha value is -1.88. The zero-order chi connectivity index (χ0) is 13.9. The third-order valence-corrected chi connectivity index (χ3v) is 4.43. The first-order valence-corrected chi connectivity index (χ1v) is 7.58. The van der Waals surface area contributed by atoms with E-state index in [1.54, 1.807) is 18.0 Å². The van der Waals surface area contributed by atoms with Crippen molar-refractivity contribution in [2.75, 3.05) is 17.6 Å². The molecule has 1 aromatic heterocycles. The highest BCUT2D eigenvalue weighted by Gasteiger charge is 2.32. The van der Waals surface area contributed by atoms with Gasteiger partial charge in [-0.25, -0.2) is 4.79 Å². The highest BCUT2D eigenvalue weighted by atomic mass is 32.2. The van der Waals surface area contributed by atoms with E-state index in [2.05, 4.69) is 5.32 Å². The number of carbonyl (C=O) groups excluding carboxylic acids is 1. The molecular formula is C15H16N2O2S. The second kappa shape index (κ2) is 5.63. The van der Waals surface area contributed by atoms with Gasteiger partial charge in [-0.3, -0.25) is 0 Å². The van der Waals surface area contributed by atoms with Crippen LogP contribution in [0.1, 0.15) is 16.7 Å². The molecule has 0 radical (unpaired) electrons. The first kappa shape index (κ1) is 13.1. The van der Waals surface area contributed by atoms with Crippen molar-refractivity contribution < 1.29 is 9.21 Å². The van der Waals surface area contributed by atoms with E-state index < -0.39 is 0 Å². The summed E-state index contributed by atoms with van der Waals surface area (Å²) in [6.07, 6.45) is 1.64. The Bertz CT molecular complexity index is 598. The van der Waals surface area contributed by atoms with Crippen molar-refractivity contribution in [1.82, 2.24) is 4.90 Å². The molecule has 1 aromatic carbocycles. The van der Waals surface area contributed by atoms with Crippen LogP contribution in [0.2, 0.25) is 0 Å². The highest BCUT2D eigenvalue weighted by molar-refractivity contribution is 7.99. The normalized spacial score (nSPS) is 18.2. The summed E-state index contributed by atoms with van der Waals surface area (Å²) in [6, 6.07) is 11.5. The smallest absolute Gasteiger partial charge is 0.323 e. The summed E-state index contributed by atoms with van der Waals surface area (Å²) in [4.78, 5) is 14.2. The molecule has 0 unspecified atom stereocenters. The molecule has 104 valence electrons. The molecule has 1 saturated heterocycles. The van der Waals surface area contributed by atoms with Crippen LogP contribution in [0, 0.1) is 6.92 Å². The maximum atomic E-state index is 12.4. The molecule has 1 aliphatic rings. The molecule has 2 aromatic rings. The van der Waals surface area contributed by atoms with Gasteiger partial charge in [-0.05, 0) is 36.8 Å². The molecule has 20 heavy (non-hydrogen) atoms. The van der Waals surface area contributed by atoms with Crippen molar-refractivity contribution in [1.29, 1.82) is 0 Å². The SMILES string of the molecule is Cc1cccc(NC(=O)N2CCS[C@H]2c2ccco2)c1. The minimum Gasteiger partial charge on any atom is -0.466 e. The lowest BCUT2D eigenvalue weighted by Crippen LogP contribution is -2.34. The Morgan fingerprint density at radius 2 is 2.30 bits per heavy atom. The molecule has 1 atom stereocenters. The number of hydrogen-bond donors (Lipinski definition) is 1. The van der Waals surface area contributed by atoms with E-state index in [0.717, 1.165) is 29.3 Å². The second-order valence-electron chi connectivity index (χ2n) is 4.73. The predicted octanol–water partition coefficient (Wildman–Crippen LogP) is 3.87. The van der Waals surface area contributed by atoms with Crippen LogP contribution in [0.5, 0.6) is 0 Å². The second-order valence-corrected chi connectivity index (χ2v) is 5.92. The molecule has 2 heterocycles. The van der Waals surface area contributed by atoms with E-state index >= 15 is 0 Å². The number of benzene rings is 1. The Kier molecular flexibility index (Phi) is 3.69. The number of nitrogens with one attached hydrogen (secondary N) is 1. The largest absolute Gasteiger partial charge is 0.466 e. The predicted molar refractivity (Wildman–Crippen MR) is 80.8 cm³/mol. The van der Waals surface area contributed by atoms with E-state index in [-0.39, 0.29) is 11.4 Å². The van der Waals surface area contributed by atoms with Crippen molar-refractivity contribution in [3.05, 3.63) is 54.0 Å². The average Bonchev–Trinajstić information content (AvgIpc) is 3.09. The Balaban J connectivity index is 1.73. The van der Waals surface area contributed by atoms with Crippen LogP contribution >= 0.6 is 11.8 Å². The first-order valence-electron chi connectivity index (χ1n) is 6.53. The highest BCUT2D eigenvalue weighted by Crippen LogP contribution is 2.38. The lowest BCUT2D eigenvalue weighted by Gasteiger charge is -2.22.